The van der Waals surface area contributed by atoms with Gasteiger partial charge in [-0.3, -0.25) is 4.79 Å². The summed E-state index contributed by atoms with van der Waals surface area (Å²) in [6.45, 7) is 2.85. The van der Waals surface area contributed by atoms with Crippen molar-refractivity contribution in [2.75, 3.05) is 0 Å². The maximum absolute atomic E-state index is 11.3. The molecule has 0 fully saturated rings. The van der Waals surface area contributed by atoms with Gasteiger partial charge < -0.3 is 14.6 Å². The van der Waals surface area contributed by atoms with Crippen LogP contribution in [0.3, 0.4) is 0 Å². The minimum absolute atomic E-state index is 0.151. The van der Waals surface area contributed by atoms with Gasteiger partial charge in [-0.15, -0.1) is 0 Å². The molecule has 0 saturated carbocycles. The Morgan fingerprint density at radius 1 is 1.29 bits per heavy atom. The van der Waals surface area contributed by atoms with Crippen LogP contribution in [0.25, 0.3) is 11.0 Å². The Balaban J connectivity index is 2.86. The molecule has 5 heteroatoms. The number of carboxylic acid groups (broad SMARTS) is 1. The molecule has 0 spiro atoms. The quantitative estimate of drug-likeness (QED) is 0.778. The van der Waals surface area contributed by atoms with E-state index in [4.69, 9.17) is 9.52 Å². The third-order valence-electron chi connectivity index (χ3n) is 2.64. The van der Waals surface area contributed by atoms with E-state index in [0.717, 1.165) is 0 Å². The molecule has 1 aromatic carbocycles. The Hall–Kier alpha value is -2.30. The lowest BCUT2D eigenvalue weighted by Gasteiger charge is -2.01. The highest BCUT2D eigenvalue weighted by molar-refractivity contribution is 6.05. The van der Waals surface area contributed by atoms with Gasteiger partial charge in [-0.05, 0) is 26.0 Å². The van der Waals surface area contributed by atoms with Gasteiger partial charge in [-0.2, -0.15) is 0 Å². The number of aryl methyl sites for hydroxylation is 1. The topological polar surface area (TPSA) is 87.7 Å². The summed E-state index contributed by atoms with van der Waals surface area (Å²) in [5.41, 5.74) is 0.717. The Kier molecular flexibility index (Phi) is 2.38. The number of carbonyl (C=O) groups is 2. The molecule has 0 radical (unpaired) electrons. The Morgan fingerprint density at radius 2 is 1.94 bits per heavy atom. The van der Waals surface area contributed by atoms with Crippen molar-refractivity contribution in [3.8, 4) is 5.75 Å². The zero-order valence-electron chi connectivity index (χ0n) is 9.27. The number of carbonyl (C=O) groups excluding carboxylic acids is 1. The summed E-state index contributed by atoms with van der Waals surface area (Å²) in [5.74, 6) is -1.95. The fourth-order valence-electron chi connectivity index (χ4n) is 1.81. The SMILES string of the molecule is CC(=O)c1ccc2oc(C(=O)O)c(C)c2c1O. The number of hydrogen-bond acceptors (Lipinski definition) is 4. The fraction of sp³-hybridized carbons (Fsp3) is 0.167. The molecule has 0 aliphatic rings. The van der Waals surface area contributed by atoms with E-state index in [-0.39, 0.29) is 33.8 Å². The van der Waals surface area contributed by atoms with E-state index >= 15 is 0 Å². The highest BCUT2D eigenvalue weighted by Crippen LogP contribution is 2.35. The molecule has 2 rings (SSSR count). The predicted octanol–water partition coefficient (Wildman–Crippen LogP) is 2.35. The summed E-state index contributed by atoms with van der Waals surface area (Å²) in [6.07, 6.45) is 0. The van der Waals surface area contributed by atoms with E-state index in [1.165, 1.54) is 26.0 Å². The number of phenols is 1. The first-order chi connectivity index (χ1) is 7.93. The van der Waals surface area contributed by atoms with Crippen LogP contribution in [-0.4, -0.2) is 22.0 Å². The highest BCUT2D eigenvalue weighted by atomic mass is 16.4. The molecular formula is C12H10O5. The smallest absolute Gasteiger partial charge is 0.372 e. The highest BCUT2D eigenvalue weighted by Gasteiger charge is 2.21. The van der Waals surface area contributed by atoms with E-state index in [2.05, 4.69) is 0 Å². The maximum atomic E-state index is 11.3. The molecule has 2 N–H and O–H groups in total. The van der Waals surface area contributed by atoms with Crippen LogP contribution in [0.5, 0.6) is 5.75 Å². The molecule has 0 saturated heterocycles. The second-order valence-electron chi connectivity index (χ2n) is 3.75. The molecule has 0 aliphatic heterocycles. The molecule has 1 heterocycles. The van der Waals surface area contributed by atoms with Gasteiger partial charge in [0.2, 0.25) is 5.76 Å². The molecule has 0 aliphatic carbocycles. The second-order valence-corrected chi connectivity index (χ2v) is 3.75. The van der Waals surface area contributed by atoms with E-state index in [0.29, 0.717) is 5.56 Å². The predicted molar refractivity (Wildman–Crippen MR) is 59.6 cm³/mol. The second kappa shape index (κ2) is 3.62. The molecular weight excluding hydrogens is 224 g/mol. The van der Waals surface area contributed by atoms with Crippen LogP contribution in [0, 0.1) is 6.92 Å². The number of hydrogen-bond donors (Lipinski definition) is 2. The third kappa shape index (κ3) is 1.56. The van der Waals surface area contributed by atoms with Crippen LogP contribution >= 0.6 is 0 Å². The first-order valence-electron chi connectivity index (χ1n) is 4.92. The third-order valence-corrected chi connectivity index (χ3v) is 2.64. The van der Waals surface area contributed by atoms with Gasteiger partial charge in [-0.1, -0.05) is 0 Å². The van der Waals surface area contributed by atoms with E-state index in [9.17, 15) is 14.7 Å². The summed E-state index contributed by atoms with van der Waals surface area (Å²) in [7, 11) is 0. The normalized spacial score (nSPS) is 10.7. The maximum Gasteiger partial charge on any atom is 0.372 e. The number of furan rings is 1. The molecule has 5 nitrogen and oxygen atoms in total. The van der Waals surface area contributed by atoms with Crippen molar-refractivity contribution in [2.45, 2.75) is 13.8 Å². The summed E-state index contributed by atoms with van der Waals surface area (Å²) in [4.78, 5) is 22.1. The molecule has 17 heavy (non-hydrogen) atoms. The van der Waals surface area contributed by atoms with E-state index in [1.54, 1.807) is 0 Å². The van der Waals surface area contributed by atoms with Gasteiger partial charge in [0, 0.05) is 5.56 Å². The van der Waals surface area contributed by atoms with E-state index < -0.39 is 5.97 Å². The molecule has 0 atom stereocenters. The number of phenolic OH excluding ortho intramolecular Hbond substituents is 1. The first kappa shape index (κ1) is 11.2. The summed E-state index contributed by atoms with van der Waals surface area (Å²) < 4.78 is 5.10. The van der Waals surface area contributed by atoms with Gasteiger partial charge in [0.25, 0.3) is 0 Å². The van der Waals surface area contributed by atoms with Crippen LogP contribution in [0.4, 0.5) is 0 Å². The lowest BCUT2D eigenvalue weighted by molar-refractivity contribution is 0.0663. The van der Waals surface area contributed by atoms with Crippen molar-refractivity contribution in [1.29, 1.82) is 0 Å². The van der Waals surface area contributed by atoms with Crippen molar-refractivity contribution >= 4 is 22.7 Å². The number of ketones is 1. The zero-order valence-corrected chi connectivity index (χ0v) is 9.27. The van der Waals surface area contributed by atoms with Crippen LogP contribution in [0.15, 0.2) is 16.5 Å². The molecule has 0 bridgehead atoms. The zero-order chi connectivity index (χ0) is 12.7. The summed E-state index contributed by atoms with van der Waals surface area (Å²) >= 11 is 0. The number of rotatable bonds is 2. The lowest BCUT2D eigenvalue weighted by atomic mass is 10.0. The average molecular weight is 234 g/mol. The monoisotopic (exact) mass is 234 g/mol. The number of benzene rings is 1. The van der Waals surface area contributed by atoms with E-state index in [1.807, 2.05) is 0 Å². The minimum Gasteiger partial charge on any atom is -0.506 e. The van der Waals surface area contributed by atoms with Crippen LogP contribution in [0.2, 0.25) is 0 Å². The van der Waals surface area contributed by atoms with Crippen molar-refractivity contribution < 1.29 is 24.2 Å². The minimum atomic E-state index is -1.21. The van der Waals surface area contributed by atoms with Crippen LogP contribution in [0.1, 0.15) is 33.4 Å². The molecule has 1 aromatic heterocycles. The van der Waals surface area contributed by atoms with Crippen molar-refractivity contribution in [1.82, 2.24) is 0 Å². The van der Waals surface area contributed by atoms with Crippen LogP contribution in [-0.2, 0) is 0 Å². The Labute approximate surface area is 96.3 Å². The number of fused-ring (bicyclic) bond motifs is 1. The van der Waals surface area contributed by atoms with Crippen molar-refractivity contribution in [3.05, 3.63) is 29.0 Å². The lowest BCUT2D eigenvalue weighted by Crippen LogP contribution is -1.95. The van der Waals surface area contributed by atoms with Crippen molar-refractivity contribution in [3.63, 3.8) is 0 Å². The largest absolute Gasteiger partial charge is 0.506 e. The van der Waals surface area contributed by atoms with Gasteiger partial charge in [0.05, 0.1) is 10.9 Å². The van der Waals surface area contributed by atoms with Gasteiger partial charge >= 0.3 is 5.97 Å². The Morgan fingerprint density at radius 3 is 2.47 bits per heavy atom. The summed E-state index contributed by atoms with van der Waals surface area (Å²) in [6, 6.07) is 2.89. The molecule has 2 aromatic rings. The number of aromatic carboxylic acids is 1. The van der Waals surface area contributed by atoms with Crippen LogP contribution < -0.4 is 0 Å². The molecule has 0 amide bonds. The number of carboxylic acids is 1. The molecule has 0 unspecified atom stereocenters. The standard InChI is InChI=1S/C12H10O5/c1-5-9-8(17-11(5)12(15)16)4-3-7(6(2)13)10(9)14/h3-4,14H,1-2H3,(H,15,16). The van der Waals surface area contributed by atoms with Gasteiger partial charge in [0.1, 0.15) is 11.3 Å². The molecule has 88 valence electrons. The fourth-order valence-corrected chi connectivity index (χ4v) is 1.81. The van der Waals surface area contributed by atoms with Gasteiger partial charge in [0.15, 0.2) is 5.78 Å². The Bertz CT molecular complexity index is 624. The first-order valence-corrected chi connectivity index (χ1v) is 4.92. The van der Waals surface area contributed by atoms with Crippen molar-refractivity contribution in [2.24, 2.45) is 0 Å². The van der Waals surface area contributed by atoms with Gasteiger partial charge in [-0.25, -0.2) is 4.79 Å². The number of aromatic hydroxyl groups is 1. The average Bonchev–Trinajstić information content (AvgIpc) is 2.56. The number of Topliss-reactive ketones (excluding diaryl/α,β-unsaturated/α-hetero) is 1. The summed E-state index contributed by atoms with van der Waals surface area (Å²) in [5, 5.41) is 19.1.